The van der Waals surface area contributed by atoms with Crippen LogP contribution in [0.1, 0.15) is 27.3 Å². The Hall–Kier alpha value is -2.87. The highest BCUT2D eigenvalue weighted by atomic mass is 32.2. The molecule has 0 unspecified atom stereocenters. The van der Waals surface area contributed by atoms with Gasteiger partial charge in [-0.3, -0.25) is 14.7 Å². The number of fused-ring (bicyclic) bond motifs is 1. The van der Waals surface area contributed by atoms with E-state index in [0.717, 1.165) is 5.69 Å². The zero-order chi connectivity index (χ0) is 17.6. The smallest absolute Gasteiger partial charge is 0.319 e. The van der Waals surface area contributed by atoms with Crippen molar-refractivity contribution in [3.63, 3.8) is 0 Å². The van der Waals surface area contributed by atoms with Crippen LogP contribution in [0.5, 0.6) is 0 Å². The predicted molar refractivity (Wildman–Crippen MR) is 95.9 cm³/mol. The third-order valence-corrected chi connectivity index (χ3v) is 4.62. The molecule has 25 heavy (non-hydrogen) atoms. The average Bonchev–Trinajstić information content (AvgIpc) is 3.10. The minimum Gasteiger partial charge on any atom is -0.338 e. The molecule has 0 fully saturated rings. The number of amides is 2. The van der Waals surface area contributed by atoms with E-state index < -0.39 is 0 Å². The number of aromatic nitrogens is 2. The third kappa shape index (κ3) is 4.16. The van der Waals surface area contributed by atoms with E-state index in [0.29, 0.717) is 29.2 Å². The number of hydrogen-bond acceptors (Lipinski definition) is 5. The van der Waals surface area contributed by atoms with Crippen molar-refractivity contribution in [2.75, 3.05) is 17.6 Å². The Morgan fingerprint density at radius 3 is 2.80 bits per heavy atom. The van der Waals surface area contributed by atoms with Gasteiger partial charge in [0, 0.05) is 18.3 Å². The van der Waals surface area contributed by atoms with E-state index in [-0.39, 0.29) is 23.3 Å². The number of aromatic amines is 1. The zero-order valence-electron chi connectivity index (χ0n) is 13.2. The average molecular weight is 356 g/mol. The zero-order valence-corrected chi connectivity index (χ0v) is 14.1. The van der Waals surface area contributed by atoms with Gasteiger partial charge >= 0.3 is 6.03 Å². The number of carbonyl (C=O) groups excluding carboxylic acids is 3. The molecule has 1 aliphatic carbocycles. The fourth-order valence-corrected chi connectivity index (χ4v) is 3.24. The first-order chi connectivity index (χ1) is 12.1. The summed E-state index contributed by atoms with van der Waals surface area (Å²) in [6.45, 7) is 0.470. The molecule has 0 saturated carbocycles. The van der Waals surface area contributed by atoms with Crippen LogP contribution in [0.3, 0.4) is 0 Å². The van der Waals surface area contributed by atoms with Crippen molar-refractivity contribution in [1.82, 2.24) is 15.5 Å². The number of anilines is 1. The standard InChI is InChI=1S/C17H16N4O3S/c22-13-9-14(16(23)12-10-19-21-15(12)13)25-8-4-7-18-17(24)20-11-5-2-1-3-6-11/h1-3,5-6,9-10H,4,7-8H2,(H,19,21)(H2,18,20,24). The monoisotopic (exact) mass is 356 g/mol. The molecule has 2 amide bonds. The van der Waals surface area contributed by atoms with Gasteiger partial charge in [0.05, 0.1) is 16.7 Å². The highest BCUT2D eigenvalue weighted by Gasteiger charge is 2.27. The Kier molecular flexibility index (Phi) is 5.30. The molecule has 8 heteroatoms. The summed E-state index contributed by atoms with van der Waals surface area (Å²) in [4.78, 5) is 36.2. The van der Waals surface area contributed by atoms with Gasteiger partial charge in [0.2, 0.25) is 11.6 Å². The lowest BCUT2D eigenvalue weighted by atomic mass is 10.0. The summed E-state index contributed by atoms with van der Waals surface area (Å²) in [5.41, 5.74) is 1.28. The van der Waals surface area contributed by atoms with Crippen LogP contribution in [0.2, 0.25) is 0 Å². The fourth-order valence-electron chi connectivity index (χ4n) is 2.30. The number of para-hydroxylation sites is 1. The van der Waals surface area contributed by atoms with Crippen LogP contribution in [-0.2, 0) is 0 Å². The van der Waals surface area contributed by atoms with E-state index in [1.165, 1.54) is 24.0 Å². The first-order valence-corrected chi connectivity index (χ1v) is 8.70. The van der Waals surface area contributed by atoms with Gasteiger partial charge < -0.3 is 10.6 Å². The molecule has 3 rings (SSSR count). The van der Waals surface area contributed by atoms with Crippen LogP contribution in [0.25, 0.3) is 0 Å². The number of allylic oxidation sites excluding steroid dienone is 2. The first kappa shape index (κ1) is 17.0. The van der Waals surface area contributed by atoms with E-state index in [9.17, 15) is 14.4 Å². The number of benzene rings is 1. The number of nitrogens with zero attached hydrogens (tertiary/aromatic N) is 1. The Balaban J connectivity index is 1.40. The summed E-state index contributed by atoms with van der Waals surface area (Å²) < 4.78 is 0. The van der Waals surface area contributed by atoms with Gasteiger partial charge in [0.1, 0.15) is 5.69 Å². The van der Waals surface area contributed by atoms with E-state index >= 15 is 0 Å². The minimum absolute atomic E-state index is 0.192. The molecule has 7 nitrogen and oxygen atoms in total. The van der Waals surface area contributed by atoms with Gasteiger partial charge in [-0.2, -0.15) is 5.10 Å². The number of carbonyl (C=O) groups is 3. The summed E-state index contributed by atoms with van der Waals surface area (Å²) in [5, 5.41) is 11.8. The van der Waals surface area contributed by atoms with Crippen LogP contribution < -0.4 is 10.6 Å². The van der Waals surface area contributed by atoms with Crippen LogP contribution in [0, 0.1) is 0 Å². The molecule has 1 aliphatic rings. The quantitative estimate of drug-likeness (QED) is 0.690. The molecule has 0 aliphatic heterocycles. The lowest BCUT2D eigenvalue weighted by Gasteiger charge is -2.11. The molecule has 0 bridgehead atoms. The number of Topliss-reactive ketones (excluding diaryl/α,β-unsaturated/α-hetero) is 1. The molecule has 0 saturated heterocycles. The SMILES string of the molecule is O=C(NCCCSC1=CC(=O)c2[nH]ncc2C1=O)Nc1ccccc1. The van der Waals surface area contributed by atoms with Crippen molar-refractivity contribution >= 4 is 35.0 Å². The summed E-state index contributed by atoms with van der Waals surface area (Å²) in [5.74, 6) is 0.182. The molecule has 1 aromatic heterocycles. The fraction of sp³-hybridized carbons (Fsp3) is 0.176. The Morgan fingerprint density at radius 1 is 1.20 bits per heavy atom. The second-order valence-electron chi connectivity index (χ2n) is 5.31. The van der Waals surface area contributed by atoms with Crippen molar-refractivity contribution in [3.05, 3.63) is 58.8 Å². The molecule has 2 aromatic rings. The van der Waals surface area contributed by atoms with Crippen LogP contribution in [-0.4, -0.2) is 40.1 Å². The van der Waals surface area contributed by atoms with Crippen molar-refractivity contribution in [2.45, 2.75) is 6.42 Å². The number of nitrogens with one attached hydrogen (secondary N) is 3. The third-order valence-electron chi connectivity index (χ3n) is 3.51. The predicted octanol–water partition coefficient (Wildman–Crippen LogP) is 2.62. The number of urea groups is 1. The first-order valence-electron chi connectivity index (χ1n) is 7.72. The van der Waals surface area contributed by atoms with E-state index in [2.05, 4.69) is 20.8 Å². The van der Waals surface area contributed by atoms with Crippen LogP contribution in [0.4, 0.5) is 10.5 Å². The molecular weight excluding hydrogens is 340 g/mol. The second kappa shape index (κ2) is 7.80. The molecule has 0 radical (unpaired) electrons. The van der Waals surface area contributed by atoms with Crippen LogP contribution >= 0.6 is 11.8 Å². The van der Waals surface area contributed by atoms with Gasteiger partial charge in [-0.1, -0.05) is 18.2 Å². The van der Waals surface area contributed by atoms with E-state index in [1.54, 1.807) is 12.1 Å². The van der Waals surface area contributed by atoms with Gasteiger partial charge in [0.25, 0.3) is 0 Å². The van der Waals surface area contributed by atoms with Gasteiger partial charge in [-0.25, -0.2) is 4.79 Å². The summed E-state index contributed by atoms with van der Waals surface area (Å²) >= 11 is 1.31. The molecule has 0 spiro atoms. The number of hydrogen-bond donors (Lipinski definition) is 3. The maximum atomic E-state index is 12.2. The number of H-pyrrole nitrogens is 1. The van der Waals surface area contributed by atoms with Crippen molar-refractivity contribution < 1.29 is 14.4 Å². The molecule has 1 aromatic carbocycles. The number of rotatable bonds is 6. The highest BCUT2D eigenvalue weighted by molar-refractivity contribution is 8.04. The van der Waals surface area contributed by atoms with E-state index in [4.69, 9.17) is 0 Å². The summed E-state index contributed by atoms with van der Waals surface area (Å²) in [6, 6.07) is 8.89. The molecule has 128 valence electrons. The number of thioether (sulfide) groups is 1. The van der Waals surface area contributed by atoms with Gasteiger partial charge in [0.15, 0.2) is 0 Å². The Bertz CT molecular complexity index is 829. The Morgan fingerprint density at radius 2 is 2.00 bits per heavy atom. The topological polar surface area (TPSA) is 104 Å². The lowest BCUT2D eigenvalue weighted by Crippen LogP contribution is -2.29. The largest absolute Gasteiger partial charge is 0.338 e. The number of ketones is 2. The minimum atomic E-state index is -0.276. The maximum Gasteiger partial charge on any atom is 0.319 e. The normalized spacial score (nSPS) is 13.2. The summed E-state index contributed by atoms with van der Waals surface area (Å²) in [6.07, 6.45) is 3.38. The maximum absolute atomic E-state index is 12.2. The Labute approximate surface area is 148 Å². The van der Waals surface area contributed by atoms with Crippen molar-refractivity contribution in [1.29, 1.82) is 0 Å². The molecule has 1 heterocycles. The van der Waals surface area contributed by atoms with Crippen LogP contribution in [0.15, 0.2) is 47.5 Å². The second-order valence-corrected chi connectivity index (χ2v) is 6.45. The summed E-state index contributed by atoms with van der Waals surface area (Å²) in [7, 11) is 0. The van der Waals surface area contributed by atoms with Gasteiger partial charge in [-0.05, 0) is 24.3 Å². The molecule has 0 atom stereocenters. The highest BCUT2D eigenvalue weighted by Crippen LogP contribution is 2.27. The van der Waals surface area contributed by atoms with Crippen molar-refractivity contribution in [2.24, 2.45) is 0 Å². The lowest BCUT2D eigenvalue weighted by molar-refractivity contribution is 0.0989. The van der Waals surface area contributed by atoms with E-state index in [1.807, 2.05) is 18.2 Å². The molecular formula is C17H16N4O3S. The van der Waals surface area contributed by atoms with Gasteiger partial charge in [-0.15, -0.1) is 11.8 Å². The van der Waals surface area contributed by atoms with Crippen molar-refractivity contribution in [3.8, 4) is 0 Å². The molecule has 3 N–H and O–H groups in total.